The molecule has 4 aromatic rings. The number of benzene rings is 4. The van der Waals surface area contributed by atoms with Gasteiger partial charge < -0.3 is 15.5 Å². The number of nitrogens with one attached hydrogen (secondary N) is 2. The van der Waals surface area contributed by atoms with Crippen molar-refractivity contribution in [3.05, 3.63) is 132 Å². The van der Waals surface area contributed by atoms with Crippen LogP contribution in [-0.4, -0.2) is 48.9 Å². The quantitative estimate of drug-likeness (QED) is 0.191. The maximum absolute atomic E-state index is 13.6. The number of carbonyl (C=O) groups excluding carboxylic acids is 2. The lowest BCUT2D eigenvalue weighted by Gasteiger charge is -2.32. The minimum atomic E-state index is -0.595. The average Bonchev–Trinajstić information content (AvgIpc) is 3.06. The van der Waals surface area contributed by atoms with Gasteiger partial charge in [-0.2, -0.15) is 0 Å². The highest BCUT2D eigenvalue weighted by molar-refractivity contribution is 6.02. The smallest absolute Gasteiger partial charge is 0.252 e. The number of amides is 2. The molecule has 0 aliphatic carbocycles. The molecule has 0 bridgehead atoms. The van der Waals surface area contributed by atoms with Gasteiger partial charge in [0.05, 0.1) is 0 Å². The molecule has 43 heavy (non-hydrogen) atoms. The molecule has 1 aliphatic heterocycles. The van der Waals surface area contributed by atoms with Gasteiger partial charge in [0.2, 0.25) is 5.91 Å². The van der Waals surface area contributed by atoms with Crippen molar-refractivity contribution < 1.29 is 9.59 Å². The Hall–Kier alpha value is -4.22. The molecule has 1 saturated heterocycles. The van der Waals surface area contributed by atoms with E-state index in [4.69, 9.17) is 0 Å². The Morgan fingerprint density at radius 3 is 2.05 bits per heavy atom. The first-order valence-corrected chi connectivity index (χ1v) is 15.7. The number of hydrogen-bond acceptors (Lipinski definition) is 3. The molecule has 1 heterocycles. The Morgan fingerprint density at radius 1 is 0.744 bits per heavy atom. The van der Waals surface area contributed by atoms with Crippen molar-refractivity contribution in [1.29, 1.82) is 0 Å². The van der Waals surface area contributed by atoms with Gasteiger partial charge >= 0.3 is 0 Å². The lowest BCUT2D eigenvalue weighted by molar-refractivity contribution is -0.123. The SMILES string of the molecule is O=C(NC(CCCN1CCC(Cc2ccccc2)CC1)C(=O)NCCc1ccccc1)c1ccccc1-c1ccccc1. The zero-order valence-corrected chi connectivity index (χ0v) is 25.0. The van der Waals surface area contributed by atoms with Crippen LogP contribution in [-0.2, 0) is 17.6 Å². The highest BCUT2D eigenvalue weighted by Crippen LogP contribution is 2.24. The molecule has 1 atom stereocenters. The molecule has 2 amide bonds. The van der Waals surface area contributed by atoms with Crippen LogP contribution in [0.15, 0.2) is 115 Å². The standard InChI is InChI=1S/C38H43N3O2/c42-37(35-20-11-10-19-34(35)33-17-8-3-9-18-33)40-36(38(43)39-25-22-30-13-4-1-5-14-30)21-12-26-41-27-23-32(24-28-41)29-31-15-6-2-7-16-31/h1-11,13-20,32,36H,12,21-29H2,(H,39,43)(H,40,42). The lowest BCUT2D eigenvalue weighted by Crippen LogP contribution is -2.47. The van der Waals surface area contributed by atoms with E-state index in [0.717, 1.165) is 55.9 Å². The van der Waals surface area contributed by atoms with E-state index < -0.39 is 6.04 Å². The summed E-state index contributed by atoms with van der Waals surface area (Å²) in [6.45, 7) is 3.64. The Kier molecular flexibility index (Phi) is 11.2. The summed E-state index contributed by atoms with van der Waals surface area (Å²) in [6, 6.07) is 37.8. The first-order valence-electron chi connectivity index (χ1n) is 15.7. The third-order valence-electron chi connectivity index (χ3n) is 8.48. The minimum absolute atomic E-state index is 0.122. The number of hydrogen-bond donors (Lipinski definition) is 2. The summed E-state index contributed by atoms with van der Waals surface area (Å²) in [7, 11) is 0. The van der Waals surface area contributed by atoms with Gasteiger partial charge in [0.1, 0.15) is 6.04 Å². The number of carbonyl (C=O) groups is 2. The molecular weight excluding hydrogens is 530 g/mol. The van der Waals surface area contributed by atoms with E-state index in [1.807, 2.05) is 72.8 Å². The van der Waals surface area contributed by atoms with Crippen LogP contribution < -0.4 is 10.6 Å². The molecule has 222 valence electrons. The summed E-state index contributed by atoms with van der Waals surface area (Å²) < 4.78 is 0. The van der Waals surface area contributed by atoms with Crippen LogP contribution in [0, 0.1) is 5.92 Å². The van der Waals surface area contributed by atoms with E-state index in [0.29, 0.717) is 18.5 Å². The van der Waals surface area contributed by atoms with Crippen molar-refractivity contribution in [3.63, 3.8) is 0 Å². The van der Waals surface area contributed by atoms with Crippen molar-refractivity contribution in [2.75, 3.05) is 26.2 Å². The second kappa shape index (κ2) is 15.9. The van der Waals surface area contributed by atoms with E-state index in [2.05, 4.69) is 58.0 Å². The fourth-order valence-electron chi connectivity index (χ4n) is 6.03. The van der Waals surface area contributed by atoms with Crippen LogP contribution in [0.5, 0.6) is 0 Å². The Balaban J connectivity index is 1.18. The molecule has 2 N–H and O–H groups in total. The van der Waals surface area contributed by atoms with Crippen LogP contribution in [0.3, 0.4) is 0 Å². The molecule has 0 spiro atoms. The third-order valence-corrected chi connectivity index (χ3v) is 8.48. The molecule has 5 heteroatoms. The number of nitrogens with zero attached hydrogens (tertiary/aromatic N) is 1. The Bertz CT molecular complexity index is 1420. The van der Waals surface area contributed by atoms with Crippen molar-refractivity contribution in [2.45, 2.75) is 44.6 Å². The second-order valence-corrected chi connectivity index (χ2v) is 11.6. The molecule has 4 aromatic carbocycles. The zero-order valence-electron chi connectivity index (χ0n) is 25.0. The average molecular weight is 574 g/mol. The largest absolute Gasteiger partial charge is 0.354 e. The maximum Gasteiger partial charge on any atom is 0.252 e. The number of rotatable bonds is 13. The summed E-state index contributed by atoms with van der Waals surface area (Å²) in [5, 5.41) is 6.18. The predicted molar refractivity (Wildman–Crippen MR) is 175 cm³/mol. The van der Waals surface area contributed by atoms with Gasteiger partial charge in [0.15, 0.2) is 0 Å². The third kappa shape index (κ3) is 9.13. The maximum atomic E-state index is 13.6. The van der Waals surface area contributed by atoms with Crippen molar-refractivity contribution in [3.8, 4) is 11.1 Å². The van der Waals surface area contributed by atoms with Gasteiger partial charge in [0.25, 0.3) is 5.91 Å². The molecule has 1 unspecified atom stereocenters. The lowest BCUT2D eigenvalue weighted by atomic mass is 9.90. The number of likely N-dealkylation sites (tertiary alicyclic amines) is 1. The van der Waals surface area contributed by atoms with Crippen LogP contribution in [0.2, 0.25) is 0 Å². The van der Waals surface area contributed by atoms with Crippen molar-refractivity contribution in [2.24, 2.45) is 5.92 Å². The fraction of sp³-hybridized carbons (Fsp3) is 0.316. The van der Waals surface area contributed by atoms with E-state index >= 15 is 0 Å². The Labute approximate surface area is 256 Å². The topological polar surface area (TPSA) is 61.4 Å². The molecule has 0 saturated carbocycles. The van der Waals surface area contributed by atoms with Gasteiger partial charge in [0, 0.05) is 12.1 Å². The first kappa shape index (κ1) is 30.2. The highest BCUT2D eigenvalue weighted by atomic mass is 16.2. The summed E-state index contributed by atoms with van der Waals surface area (Å²) in [5.41, 5.74) is 5.02. The first-order chi connectivity index (χ1) is 21.2. The molecule has 0 radical (unpaired) electrons. The molecule has 5 nitrogen and oxygen atoms in total. The van der Waals surface area contributed by atoms with Gasteiger partial charge in [-0.3, -0.25) is 9.59 Å². The van der Waals surface area contributed by atoms with Crippen LogP contribution in [0.1, 0.15) is 47.2 Å². The summed E-state index contributed by atoms with van der Waals surface area (Å²) in [6.07, 6.45) is 5.75. The van der Waals surface area contributed by atoms with Gasteiger partial charge in [-0.25, -0.2) is 0 Å². The number of piperidine rings is 1. The van der Waals surface area contributed by atoms with Crippen LogP contribution in [0.25, 0.3) is 11.1 Å². The van der Waals surface area contributed by atoms with E-state index in [1.54, 1.807) is 0 Å². The van der Waals surface area contributed by atoms with Crippen molar-refractivity contribution in [1.82, 2.24) is 15.5 Å². The molecule has 0 aromatic heterocycles. The summed E-state index contributed by atoms with van der Waals surface area (Å²) in [5.74, 6) is 0.387. The Morgan fingerprint density at radius 2 is 1.35 bits per heavy atom. The van der Waals surface area contributed by atoms with Crippen LogP contribution in [0.4, 0.5) is 0 Å². The second-order valence-electron chi connectivity index (χ2n) is 11.6. The summed E-state index contributed by atoms with van der Waals surface area (Å²) >= 11 is 0. The fourth-order valence-corrected chi connectivity index (χ4v) is 6.03. The van der Waals surface area contributed by atoms with E-state index in [9.17, 15) is 9.59 Å². The van der Waals surface area contributed by atoms with Gasteiger partial charge in [-0.15, -0.1) is 0 Å². The van der Waals surface area contributed by atoms with E-state index in [1.165, 1.54) is 24.0 Å². The highest BCUT2D eigenvalue weighted by Gasteiger charge is 2.24. The molecule has 1 aliphatic rings. The summed E-state index contributed by atoms with van der Waals surface area (Å²) in [4.78, 5) is 29.5. The normalized spacial score (nSPS) is 14.6. The van der Waals surface area contributed by atoms with Crippen molar-refractivity contribution >= 4 is 11.8 Å². The van der Waals surface area contributed by atoms with Gasteiger partial charge in [-0.1, -0.05) is 109 Å². The van der Waals surface area contributed by atoms with Gasteiger partial charge in [-0.05, 0) is 92.4 Å². The molecular formula is C38H43N3O2. The molecule has 1 fully saturated rings. The van der Waals surface area contributed by atoms with Crippen LogP contribution >= 0.6 is 0 Å². The predicted octanol–water partition coefficient (Wildman–Crippen LogP) is 6.55. The monoisotopic (exact) mass is 573 g/mol. The zero-order chi connectivity index (χ0) is 29.7. The molecule has 5 rings (SSSR count). The minimum Gasteiger partial charge on any atom is -0.354 e. The van der Waals surface area contributed by atoms with E-state index in [-0.39, 0.29) is 11.8 Å².